The smallest absolute Gasteiger partial charge is 0.0371 e. The van der Waals surface area contributed by atoms with E-state index in [1.165, 1.54) is 5.56 Å². The molecule has 0 saturated carbocycles. The highest BCUT2D eigenvalue weighted by Crippen LogP contribution is 2.24. The molecule has 0 radical (unpaired) electrons. The molecule has 3 nitrogen and oxygen atoms in total. The van der Waals surface area contributed by atoms with Crippen LogP contribution in [0.25, 0.3) is 0 Å². The van der Waals surface area contributed by atoms with E-state index < -0.39 is 0 Å². The van der Waals surface area contributed by atoms with Crippen LogP contribution in [0.4, 0.5) is 5.69 Å². The highest BCUT2D eigenvalue weighted by atomic mass is 79.9. The molecule has 1 aliphatic rings. The van der Waals surface area contributed by atoms with Crippen molar-refractivity contribution in [2.45, 2.75) is 19.5 Å². The molecule has 1 aromatic carbocycles. The van der Waals surface area contributed by atoms with Crippen molar-refractivity contribution in [1.29, 1.82) is 0 Å². The number of hydrogen-bond donors (Lipinski definition) is 1. The lowest BCUT2D eigenvalue weighted by Crippen LogP contribution is -2.49. The van der Waals surface area contributed by atoms with Crippen LogP contribution in [-0.4, -0.2) is 42.5 Å². The van der Waals surface area contributed by atoms with Crippen LogP contribution >= 0.6 is 15.9 Å². The van der Waals surface area contributed by atoms with Crippen LogP contribution in [0.3, 0.4) is 0 Å². The van der Waals surface area contributed by atoms with E-state index in [-0.39, 0.29) is 0 Å². The van der Waals surface area contributed by atoms with Gasteiger partial charge >= 0.3 is 0 Å². The van der Waals surface area contributed by atoms with Gasteiger partial charge in [-0.05, 0) is 26.1 Å². The molecule has 1 aromatic rings. The second-order valence-electron chi connectivity index (χ2n) is 4.87. The summed E-state index contributed by atoms with van der Waals surface area (Å²) in [6, 6.07) is 6.63. The number of anilines is 1. The van der Waals surface area contributed by atoms with Crippen LogP contribution in [0, 0.1) is 0 Å². The summed E-state index contributed by atoms with van der Waals surface area (Å²) in [5, 5.41) is 0. The number of nitrogens with zero attached hydrogens (tertiary/aromatic N) is 2. The minimum absolute atomic E-state index is 0.618. The van der Waals surface area contributed by atoms with Gasteiger partial charge < -0.3 is 10.6 Å². The zero-order valence-electron chi connectivity index (χ0n) is 10.5. The van der Waals surface area contributed by atoms with E-state index in [0.717, 1.165) is 36.3 Å². The molecule has 2 rings (SSSR count). The quantitative estimate of drug-likeness (QED) is 0.849. The summed E-state index contributed by atoms with van der Waals surface area (Å²) in [7, 11) is 2.19. The SMILES string of the molecule is CC1CN(Cc2c(N)cccc2Br)CCN1C. The first kappa shape index (κ1) is 12.9. The molecule has 0 amide bonds. The third kappa shape index (κ3) is 3.00. The van der Waals surface area contributed by atoms with Crippen LogP contribution in [0.2, 0.25) is 0 Å². The van der Waals surface area contributed by atoms with Crippen molar-refractivity contribution in [3.05, 3.63) is 28.2 Å². The van der Waals surface area contributed by atoms with E-state index in [2.05, 4.69) is 45.8 Å². The van der Waals surface area contributed by atoms with Gasteiger partial charge in [-0.15, -0.1) is 0 Å². The van der Waals surface area contributed by atoms with E-state index in [1.807, 2.05) is 12.1 Å². The highest BCUT2D eigenvalue weighted by Gasteiger charge is 2.21. The van der Waals surface area contributed by atoms with Crippen molar-refractivity contribution in [1.82, 2.24) is 9.80 Å². The molecule has 0 spiro atoms. The lowest BCUT2D eigenvalue weighted by atomic mass is 10.1. The van der Waals surface area contributed by atoms with Gasteiger partial charge in [0.2, 0.25) is 0 Å². The van der Waals surface area contributed by atoms with E-state index in [1.54, 1.807) is 0 Å². The van der Waals surface area contributed by atoms with Crippen molar-refractivity contribution >= 4 is 21.6 Å². The Morgan fingerprint density at radius 3 is 2.82 bits per heavy atom. The molecule has 1 unspecified atom stereocenters. The Labute approximate surface area is 112 Å². The second-order valence-corrected chi connectivity index (χ2v) is 5.73. The predicted octanol–water partition coefficient (Wildman–Crippen LogP) is 2.17. The first-order valence-electron chi connectivity index (χ1n) is 6.03. The van der Waals surface area contributed by atoms with Gasteiger partial charge in [0.05, 0.1) is 0 Å². The number of piperazine rings is 1. The molecule has 17 heavy (non-hydrogen) atoms. The number of halogens is 1. The number of benzene rings is 1. The molecule has 1 saturated heterocycles. The van der Waals surface area contributed by atoms with Crippen LogP contribution in [0.5, 0.6) is 0 Å². The van der Waals surface area contributed by atoms with E-state index in [9.17, 15) is 0 Å². The molecule has 0 bridgehead atoms. The highest BCUT2D eigenvalue weighted by molar-refractivity contribution is 9.10. The fourth-order valence-electron chi connectivity index (χ4n) is 2.23. The predicted molar refractivity (Wildman–Crippen MR) is 75.9 cm³/mol. The first-order valence-corrected chi connectivity index (χ1v) is 6.82. The van der Waals surface area contributed by atoms with Crippen LogP contribution in [0.15, 0.2) is 22.7 Å². The second kappa shape index (κ2) is 5.38. The summed E-state index contributed by atoms with van der Waals surface area (Å²) >= 11 is 3.58. The Morgan fingerprint density at radius 2 is 2.18 bits per heavy atom. The Morgan fingerprint density at radius 1 is 1.41 bits per heavy atom. The summed E-state index contributed by atoms with van der Waals surface area (Å²) in [5.41, 5.74) is 8.13. The zero-order valence-corrected chi connectivity index (χ0v) is 12.1. The van der Waals surface area contributed by atoms with Crippen molar-refractivity contribution in [2.24, 2.45) is 0 Å². The van der Waals surface area contributed by atoms with E-state index >= 15 is 0 Å². The normalized spacial score (nSPS) is 22.9. The van der Waals surface area contributed by atoms with Gasteiger partial charge in [-0.1, -0.05) is 22.0 Å². The maximum Gasteiger partial charge on any atom is 0.0371 e. The lowest BCUT2D eigenvalue weighted by Gasteiger charge is -2.38. The molecule has 1 heterocycles. The van der Waals surface area contributed by atoms with Gasteiger partial charge in [-0.25, -0.2) is 0 Å². The van der Waals surface area contributed by atoms with Crippen LogP contribution in [-0.2, 0) is 6.54 Å². The number of hydrogen-bond acceptors (Lipinski definition) is 3. The van der Waals surface area contributed by atoms with Gasteiger partial charge in [-0.3, -0.25) is 4.90 Å². The van der Waals surface area contributed by atoms with Crippen molar-refractivity contribution < 1.29 is 0 Å². The molecule has 4 heteroatoms. The van der Waals surface area contributed by atoms with E-state index in [4.69, 9.17) is 5.73 Å². The van der Waals surface area contributed by atoms with Crippen LogP contribution in [0.1, 0.15) is 12.5 Å². The molecule has 94 valence electrons. The number of nitrogens with two attached hydrogens (primary N) is 1. The Kier molecular flexibility index (Phi) is 4.07. The fourth-order valence-corrected chi connectivity index (χ4v) is 2.74. The van der Waals surface area contributed by atoms with Gasteiger partial charge in [0.25, 0.3) is 0 Å². The average molecular weight is 298 g/mol. The van der Waals surface area contributed by atoms with Crippen molar-refractivity contribution in [2.75, 3.05) is 32.4 Å². The number of nitrogen functional groups attached to an aromatic ring is 1. The molecule has 1 atom stereocenters. The summed E-state index contributed by atoms with van der Waals surface area (Å²) < 4.78 is 1.11. The average Bonchev–Trinajstić information content (AvgIpc) is 2.28. The standard InChI is InChI=1S/C13H20BrN3/c1-10-8-17(7-6-16(10)2)9-11-12(14)4-3-5-13(11)15/h3-5,10H,6-9,15H2,1-2H3. The Bertz CT molecular complexity index is 374. The van der Waals surface area contributed by atoms with Gasteiger partial charge in [0, 0.05) is 47.9 Å². The molecule has 2 N–H and O–H groups in total. The summed E-state index contributed by atoms with van der Waals surface area (Å²) in [6.45, 7) is 6.56. The molecule has 1 fully saturated rings. The molecule has 0 aromatic heterocycles. The Hall–Kier alpha value is -0.580. The monoisotopic (exact) mass is 297 g/mol. The van der Waals surface area contributed by atoms with Gasteiger partial charge in [0.15, 0.2) is 0 Å². The summed E-state index contributed by atoms with van der Waals surface area (Å²) in [6.07, 6.45) is 0. The lowest BCUT2D eigenvalue weighted by molar-refractivity contribution is 0.1000. The third-order valence-electron chi connectivity index (χ3n) is 3.58. The molecular weight excluding hydrogens is 278 g/mol. The molecular formula is C13H20BrN3. The number of likely N-dealkylation sites (N-methyl/N-ethyl adjacent to an activating group) is 1. The largest absolute Gasteiger partial charge is 0.398 e. The van der Waals surface area contributed by atoms with Gasteiger partial charge in [-0.2, -0.15) is 0 Å². The fraction of sp³-hybridized carbons (Fsp3) is 0.538. The van der Waals surface area contributed by atoms with Crippen molar-refractivity contribution in [3.63, 3.8) is 0 Å². The Balaban J connectivity index is 2.06. The maximum atomic E-state index is 6.03. The molecule has 1 aliphatic heterocycles. The minimum Gasteiger partial charge on any atom is -0.398 e. The maximum absolute atomic E-state index is 6.03. The van der Waals surface area contributed by atoms with E-state index in [0.29, 0.717) is 6.04 Å². The minimum atomic E-state index is 0.618. The number of rotatable bonds is 2. The van der Waals surface area contributed by atoms with Crippen LogP contribution < -0.4 is 5.73 Å². The zero-order chi connectivity index (χ0) is 12.4. The third-order valence-corrected chi connectivity index (χ3v) is 4.32. The van der Waals surface area contributed by atoms with Crippen molar-refractivity contribution in [3.8, 4) is 0 Å². The molecule has 0 aliphatic carbocycles. The van der Waals surface area contributed by atoms with Gasteiger partial charge in [0.1, 0.15) is 0 Å². The topological polar surface area (TPSA) is 32.5 Å². The summed E-state index contributed by atoms with van der Waals surface area (Å²) in [4.78, 5) is 4.88. The summed E-state index contributed by atoms with van der Waals surface area (Å²) in [5.74, 6) is 0. The first-order chi connectivity index (χ1) is 8.08.